The van der Waals surface area contributed by atoms with Crippen molar-refractivity contribution in [2.24, 2.45) is 5.16 Å². The quantitative estimate of drug-likeness (QED) is 0.583. The standard InChI is InChI=1S/C20H24N2O4/c1-14-7-5-6-8-17(14)13-22-26-15(2)20(23)21-12-16-9-10-18(24-3)19(11-16)25-4/h5-11,13,15H,12H2,1-4H3,(H,21,23)/b22-13+. The van der Waals surface area contributed by atoms with Gasteiger partial charge in [-0.15, -0.1) is 0 Å². The van der Waals surface area contributed by atoms with Crippen LogP contribution < -0.4 is 14.8 Å². The van der Waals surface area contributed by atoms with E-state index < -0.39 is 6.10 Å². The SMILES string of the molecule is COc1ccc(CNC(=O)C(C)O/N=C/c2ccccc2C)cc1OC. The Kier molecular flexibility index (Phi) is 7.02. The maximum absolute atomic E-state index is 12.1. The highest BCUT2D eigenvalue weighted by Crippen LogP contribution is 2.27. The van der Waals surface area contributed by atoms with Gasteiger partial charge in [0.05, 0.1) is 20.4 Å². The van der Waals surface area contributed by atoms with Crippen LogP contribution in [-0.2, 0) is 16.2 Å². The molecule has 0 saturated heterocycles. The molecular weight excluding hydrogens is 332 g/mol. The summed E-state index contributed by atoms with van der Waals surface area (Å²) in [5.74, 6) is 1.01. The van der Waals surface area contributed by atoms with Crippen LogP contribution in [-0.4, -0.2) is 32.4 Å². The lowest BCUT2D eigenvalue weighted by Crippen LogP contribution is -2.33. The van der Waals surface area contributed by atoms with E-state index >= 15 is 0 Å². The van der Waals surface area contributed by atoms with Crippen molar-refractivity contribution >= 4 is 12.1 Å². The molecule has 0 saturated carbocycles. The zero-order valence-corrected chi connectivity index (χ0v) is 15.5. The van der Waals surface area contributed by atoms with Gasteiger partial charge in [-0.25, -0.2) is 0 Å². The van der Waals surface area contributed by atoms with Crippen LogP contribution in [0.1, 0.15) is 23.6 Å². The highest BCUT2D eigenvalue weighted by atomic mass is 16.6. The predicted octanol–water partition coefficient (Wildman–Crippen LogP) is 3.07. The molecule has 2 aromatic carbocycles. The Bertz CT molecular complexity index is 774. The van der Waals surface area contributed by atoms with E-state index in [0.717, 1.165) is 16.7 Å². The van der Waals surface area contributed by atoms with Crippen molar-refractivity contribution in [3.63, 3.8) is 0 Å². The van der Waals surface area contributed by atoms with Crippen molar-refractivity contribution in [1.82, 2.24) is 5.32 Å². The number of carbonyl (C=O) groups is 1. The third kappa shape index (κ3) is 5.24. The number of rotatable bonds is 8. The fourth-order valence-corrected chi connectivity index (χ4v) is 2.28. The van der Waals surface area contributed by atoms with Crippen LogP contribution in [0.3, 0.4) is 0 Å². The molecule has 2 rings (SSSR count). The third-order valence-electron chi connectivity index (χ3n) is 3.88. The second-order valence-corrected chi connectivity index (χ2v) is 5.75. The molecule has 26 heavy (non-hydrogen) atoms. The van der Waals surface area contributed by atoms with Crippen LogP contribution in [0.25, 0.3) is 0 Å². The largest absolute Gasteiger partial charge is 0.493 e. The van der Waals surface area contributed by atoms with Crippen LogP contribution in [0.5, 0.6) is 11.5 Å². The van der Waals surface area contributed by atoms with Gasteiger partial charge in [-0.05, 0) is 42.7 Å². The number of hydrogen-bond acceptors (Lipinski definition) is 5. The molecule has 0 aliphatic rings. The number of benzene rings is 2. The van der Waals surface area contributed by atoms with Gasteiger partial charge in [-0.2, -0.15) is 0 Å². The first-order chi connectivity index (χ1) is 12.5. The minimum Gasteiger partial charge on any atom is -0.493 e. The second kappa shape index (κ2) is 9.46. The van der Waals surface area contributed by atoms with E-state index in [2.05, 4.69) is 10.5 Å². The number of nitrogens with one attached hydrogen (secondary N) is 1. The van der Waals surface area contributed by atoms with Gasteiger partial charge < -0.3 is 19.6 Å². The van der Waals surface area contributed by atoms with Crippen molar-refractivity contribution in [3.05, 3.63) is 59.2 Å². The summed E-state index contributed by atoms with van der Waals surface area (Å²) in [6, 6.07) is 13.3. The number of hydrogen-bond donors (Lipinski definition) is 1. The van der Waals surface area contributed by atoms with E-state index in [1.807, 2.05) is 43.3 Å². The summed E-state index contributed by atoms with van der Waals surface area (Å²) >= 11 is 0. The normalized spacial score (nSPS) is 11.8. The summed E-state index contributed by atoms with van der Waals surface area (Å²) in [5, 5.41) is 6.72. The van der Waals surface area contributed by atoms with Gasteiger partial charge in [0.25, 0.3) is 5.91 Å². The molecule has 1 amide bonds. The van der Waals surface area contributed by atoms with E-state index in [9.17, 15) is 4.79 Å². The molecule has 0 fully saturated rings. The molecule has 1 N–H and O–H groups in total. The maximum atomic E-state index is 12.1. The lowest BCUT2D eigenvalue weighted by atomic mass is 10.1. The molecule has 0 aromatic heterocycles. The van der Waals surface area contributed by atoms with E-state index in [1.54, 1.807) is 33.4 Å². The molecule has 6 nitrogen and oxygen atoms in total. The second-order valence-electron chi connectivity index (χ2n) is 5.75. The fourth-order valence-electron chi connectivity index (χ4n) is 2.28. The Morgan fingerprint density at radius 2 is 1.88 bits per heavy atom. The highest BCUT2D eigenvalue weighted by molar-refractivity contribution is 5.82. The van der Waals surface area contributed by atoms with Gasteiger partial charge in [-0.3, -0.25) is 4.79 Å². The zero-order chi connectivity index (χ0) is 18.9. The molecule has 0 radical (unpaired) electrons. The smallest absolute Gasteiger partial charge is 0.263 e. The minimum atomic E-state index is -0.699. The van der Waals surface area contributed by atoms with Crippen molar-refractivity contribution in [2.45, 2.75) is 26.5 Å². The lowest BCUT2D eigenvalue weighted by Gasteiger charge is -2.12. The first-order valence-electron chi connectivity index (χ1n) is 8.28. The molecule has 0 spiro atoms. The molecular formula is C20H24N2O4. The molecule has 0 aliphatic heterocycles. The third-order valence-corrected chi connectivity index (χ3v) is 3.88. The van der Waals surface area contributed by atoms with Crippen LogP contribution in [0.4, 0.5) is 0 Å². The number of oxime groups is 1. The van der Waals surface area contributed by atoms with E-state index in [-0.39, 0.29) is 5.91 Å². The number of aryl methyl sites for hydroxylation is 1. The summed E-state index contributed by atoms with van der Waals surface area (Å²) in [6.07, 6.45) is 0.906. The van der Waals surface area contributed by atoms with Gasteiger partial charge in [-0.1, -0.05) is 35.5 Å². The molecule has 0 heterocycles. The van der Waals surface area contributed by atoms with Crippen molar-refractivity contribution in [2.75, 3.05) is 14.2 Å². The Labute approximate surface area is 153 Å². The van der Waals surface area contributed by atoms with Crippen molar-refractivity contribution in [3.8, 4) is 11.5 Å². The van der Waals surface area contributed by atoms with E-state index in [4.69, 9.17) is 14.3 Å². The van der Waals surface area contributed by atoms with Crippen LogP contribution in [0, 0.1) is 6.92 Å². The van der Waals surface area contributed by atoms with Crippen molar-refractivity contribution < 1.29 is 19.1 Å². The topological polar surface area (TPSA) is 69.2 Å². The first-order valence-corrected chi connectivity index (χ1v) is 8.28. The highest BCUT2D eigenvalue weighted by Gasteiger charge is 2.14. The Morgan fingerprint density at radius 1 is 1.15 bits per heavy atom. The fraction of sp³-hybridized carbons (Fsp3) is 0.300. The molecule has 2 aromatic rings. The van der Waals surface area contributed by atoms with Crippen molar-refractivity contribution in [1.29, 1.82) is 0 Å². The summed E-state index contributed by atoms with van der Waals surface area (Å²) < 4.78 is 10.5. The zero-order valence-electron chi connectivity index (χ0n) is 15.5. The Morgan fingerprint density at radius 3 is 2.58 bits per heavy atom. The molecule has 0 bridgehead atoms. The van der Waals surface area contributed by atoms with Gasteiger partial charge in [0, 0.05) is 6.54 Å². The Balaban J connectivity index is 1.86. The summed E-state index contributed by atoms with van der Waals surface area (Å²) in [6.45, 7) is 3.99. The summed E-state index contributed by atoms with van der Waals surface area (Å²) in [7, 11) is 3.15. The van der Waals surface area contributed by atoms with Crippen LogP contribution in [0.2, 0.25) is 0 Å². The minimum absolute atomic E-state index is 0.248. The van der Waals surface area contributed by atoms with Crippen LogP contribution >= 0.6 is 0 Å². The number of methoxy groups -OCH3 is 2. The average Bonchev–Trinajstić information content (AvgIpc) is 2.67. The average molecular weight is 356 g/mol. The molecule has 138 valence electrons. The number of carbonyl (C=O) groups excluding carboxylic acids is 1. The first kappa shape index (κ1) is 19.3. The van der Waals surface area contributed by atoms with Crippen LogP contribution in [0.15, 0.2) is 47.6 Å². The lowest BCUT2D eigenvalue weighted by molar-refractivity contribution is -0.131. The Hall–Kier alpha value is -3.02. The summed E-state index contributed by atoms with van der Waals surface area (Å²) in [4.78, 5) is 17.4. The number of amides is 1. The molecule has 6 heteroatoms. The predicted molar refractivity (Wildman–Crippen MR) is 101 cm³/mol. The van der Waals surface area contributed by atoms with E-state index in [0.29, 0.717) is 18.0 Å². The molecule has 1 atom stereocenters. The van der Waals surface area contributed by atoms with Gasteiger partial charge >= 0.3 is 0 Å². The van der Waals surface area contributed by atoms with Gasteiger partial charge in [0.2, 0.25) is 6.10 Å². The number of nitrogens with zero attached hydrogens (tertiary/aromatic N) is 1. The molecule has 0 aliphatic carbocycles. The van der Waals surface area contributed by atoms with Gasteiger partial charge in [0.15, 0.2) is 11.5 Å². The van der Waals surface area contributed by atoms with Gasteiger partial charge in [0.1, 0.15) is 0 Å². The monoisotopic (exact) mass is 356 g/mol. The maximum Gasteiger partial charge on any atom is 0.263 e. The van der Waals surface area contributed by atoms with E-state index in [1.165, 1.54) is 0 Å². The molecule has 1 unspecified atom stereocenters. The number of ether oxygens (including phenoxy) is 2. The summed E-state index contributed by atoms with van der Waals surface area (Å²) in [5.41, 5.74) is 2.93.